The minimum absolute atomic E-state index is 0.0241. The van der Waals surface area contributed by atoms with Crippen LogP contribution in [0.5, 0.6) is 11.5 Å². The number of nitrogens with zero attached hydrogens (tertiary/aromatic N) is 2. The van der Waals surface area contributed by atoms with Gasteiger partial charge in [-0.15, -0.1) is 0 Å². The van der Waals surface area contributed by atoms with Crippen molar-refractivity contribution in [3.8, 4) is 11.5 Å². The number of rotatable bonds is 3. The Bertz CT molecular complexity index is 788. The summed E-state index contributed by atoms with van der Waals surface area (Å²) in [4.78, 5) is 14.2. The fourth-order valence-corrected chi connectivity index (χ4v) is 3.46. The van der Waals surface area contributed by atoms with Crippen LogP contribution in [0.4, 0.5) is 0 Å². The number of amides is 1. The summed E-state index contributed by atoms with van der Waals surface area (Å²) in [7, 11) is 0. The van der Waals surface area contributed by atoms with Crippen LogP contribution >= 0.6 is 0 Å². The van der Waals surface area contributed by atoms with Crippen LogP contribution in [0.2, 0.25) is 0 Å². The van der Waals surface area contributed by atoms with Crippen LogP contribution in [0.1, 0.15) is 41.0 Å². The van der Waals surface area contributed by atoms with Crippen LogP contribution in [0.3, 0.4) is 0 Å². The van der Waals surface area contributed by atoms with Gasteiger partial charge in [-0.2, -0.15) is 5.10 Å². The number of hydrogen-bond acceptors (Lipinski definition) is 5. The first-order chi connectivity index (χ1) is 12.2. The molecule has 2 aliphatic heterocycles. The number of carbonyl (C=O) groups is 1. The van der Waals surface area contributed by atoms with E-state index in [0.29, 0.717) is 31.0 Å². The number of carbonyl (C=O) groups excluding carboxylic acids is 1. The van der Waals surface area contributed by atoms with Crippen LogP contribution in [0.25, 0.3) is 0 Å². The number of aryl methyl sites for hydroxylation is 1. The van der Waals surface area contributed by atoms with Gasteiger partial charge in [0.2, 0.25) is 6.79 Å². The number of benzene rings is 1. The second kappa shape index (κ2) is 6.40. The summed E-state index contributed by atoms with van der Waals surface area (Å²) >= 11 is 0. The molecular weight excluding hydrogens is 322 g/mol. The summed E-state index contributed by atoms with van der Waals surface area (Å²) < 4.78 is 10.7. The molecule has 132 valence electrons. The summed E-state index contributed by atoms with van der Waals surface area (Å²) in [6.45, 7) is 3.12. The van der Waals surface area contributed by atoms with Crippen LogP contribution < -0.4 is 9.47 Å². The maximum atomic E-state index is 12.6. The molecule has 2 aromatic rings. The SMILES string of the molecule is CCc1cc(C(=O)N2CC[C@@H](c3ccc4c(c3)OCO4)[C@H](O)C2)n[nH]1. The maximum absolute atomic E-state index is 12.6. The molecule has 2 aliphatic rings. The summed E-state index contributed by atoms with van der Waals surface area (Å²) in [6.07, 6.45) is 0.870. The van der Waals surface area contributed by atoms with Crippen LogP contribution in [-0.4, -0.2) is 52.1 Å². The summed E-state index contributed by atoms with van der Waals surface area (Å²) in [5, 5.41) is 17.5. The monoisotopic (exact) mass is 343 g/mol. The highest BCUT2D eigenvalue weighted by Gasteiger charge is 2.33. The molecular formula is C18H21N3O4. The van der Waals surface area contributed by atoms with E-state index in [9.17, 15) is 9.90 Å². The summed E-state index contributed by atoms with van der Waals surface area (Å²) in [6, 6.07) is 7.53. The predicted molar refractivity (Wildman–Crippen MR) is 89.8 cm³/mol. The van der Waals surface area contributed by atoms with Gasteiger partial charge < -0.3 is 19.5 Å². The molecule has 1 fully saturated rings. The zero-order chi connectivity index (χ0) is 17.4. The van der Waals surface area contributed by atoms with Gasteiger partial charge in [0.15, 0.2) is 11.5 Å². The Morgan fingerprint density at radius 1 is 1.36 bits per heavy atom. The molecule has 7 nitrogen and oxygen atoms in total. The highest BCUT2D eigenvalue weighted by molar-refractivity contribution is 5.92. The fraction of sp³-hybridized carbons (Fsp3) is 0.444. The van der Waals surface area contributed by atoms with E-state index in [1.54, 1.807) is 11.0 Å². The molecule has 1 aromatic carbocycles. The quantitative estimate of drug-likeness (QED) is 0.885. The highest BCUT2D eigenvalue weighted by Crippen LogP contribution is 2.37. The lowest BCUT2D eigenvalue weighted by Gasteiger charge is -2.36. The van der Waals surface area contributed by atoms with E-state index >= 15 is 0 Å². The number of ether oxygens (including phenoxy) is 2. The van der Waals surface area contributed by atoms with Crippen LogP contribution in [0.15, 0.2) is 24.3 Å². The van der Waals surface area contributed by atoms with Crippen molar-refractivity contribution in [3.63, 3.8) is 0 Å². The minimum atomic E-state index is -0.623. The largest absolute Gasteiger partial charge is 0.454 e. The number of aromatic nitrogens is 2. The van der Waals surface area contributed by atoms with Gasteiger partial charge in [-0.25, -0.2) is 0 Å². The number of piperidine rings is 1. The third-order valence-corrected chi connectivity index (χ3v) is 4.92. The van der Waals surface area contributed by atoms with E-state index in [2.05, 4.69) is 10.2 Å². The lowest BCUT2D eigenvalue weighted by molar-refractivity contribution is 0.0377. The average molecular weight is 343 g/mol. The highest BCUT2D eigenvalue weighted by atomic mass is 16.7. The number of aromatic amines is 1. The fourth-order valence-electron chi connectivity index (χ4n) is 3.46. The molecule has 7 heteroatoms. The third kappa shape index (κ3) is 2.95. The van der Waals surface area contributed by atoms with Gasteiger partial charge in [0.05, 0.1) is 6.10 Å². The molecule has 0 saturated carbocycles. The van der Waals surface area contributed by atoms with Gasteiger partial charge >= 0.3 is 0 Å². The van der Waals surface area contributed by atoms with Gasteiger partial charge in [-0.3, -0.25) is 9.89 Å². The Hall–Kier alpha value is -2.54. The van der Waals surface area contributed by atoms with Gasteiger partial charge in [-0.05, 0) is 36.6 Å². The number of aliphatic hydroxyl groups excluding tert-OH is 1. The zero-order valence-electron chi connectivity index (χ0n) is 14.1. The minimum Gasteiger partial charge on any atom is -0.454 e. The normalized spacial score (nSPS) is 22.2. The Kier molecular flexibility index (Phi) is 4.09. The van der Waals surface area contributed by atoms with Gasteiger partial charge in [0.1, 0.15) is 5.69 Å². The van der Waals surface area contributed by atoms with E-state index < -0.39 is 6.10 Å². The van der Waals surface area contributed by atoms with Crippen molar-refractivity contribution in [1.82, 2.24) is 15.1 Å². The number of hydrogen-bond donors (Lipinski definition) is 2. The van der Waals surface area contributed by atoms with Crippen molar-refractivity contribution in [2.24, 2.45) is 0 Å². The average Bonchev–Trinajstić information content (AvgIpc) is 3.29. The summed E-state index contributed by atoms with van der Waals surface area (Å²) in [5.41, 5.74) is 2.35. The summed E-state index contributed by atoms with van der Waals surface area (Å²) in [5.74, 6) is 1.28. The number of nitrogens with one attached hydrogen (secondary N) is 1. The van der Waals surface area contributed by atoms with E-state index in [0.717, 1.165) is 23.4 Å². The molecule has 4 rings (SSSR count). The molecule has 3 heterocycles. The molecule has 0 aliphatic carbocycles. The van der Waals surface area contributed by atoms with Gasteiger partial charge in [0, 0.05) is 24.7 Å². The van der Waals surface area contributed by atoms with E-state index in [4.69, 9.17) is 9.47 Å². The van der Waals surface area contributed by atoms with Gasteiger partial charge in [-0.1, -0.05) is 13.0 Å². The molecule has 2 atom stereocenters. The van der Waals surface area contributed by atoms with Crippen molar-refractivity contribution in [2.45, 2.75) is 31.8 Å². The third-order valence-electron chi connectivity index (χ3n) is 4.92. The predicted octanol–water partition coefficient (Wildman–Crippen LogP) is 1.69. The number of H-pyrrole nitrogens is 1. The Labute approximate surface area is 145 Å². The van der Waals surface area contributed by atoms with E-state index in [1.807, 2.05) is 25.1 Å². The molecule has 0 unspecified atom stereocenters. The zero-order valence-corrected chi connectivity index (χ0v) is 14.1. The smallest absolute Gasteiger partial charge is 0.274 e. The maximum Gasteiger partial charge on any atom is 0.274 e. The molecule has 1 amide bonds. The first kappa shape index (κ1) is 16.0. The van der Waals surface area contributed by atoms with Gasteiger partial charge in [0.25, 0.3) is 5.91 Å². The standard InChI is InChI=1S/C18H21N3O4/c1-2-12-8-14(20-19-12)18(23)21-6-5-13(15(22)9-21)11-3-4-16-17(7-11)25-10-24-16/h3-4,7-8,13,15,22H,2,5-6,9-10H2,1H3,(H,19,20)/t13-,15+/m0/s1. The first-order valence-electron chi connectivity index (χ1n) is 8.57. The van der Waals surface area contributed by atoms with Crippen LogP contribution in [-0.2, 0) is 6.42 Å². The van der Waals surface area contributed by atoms with Crippen molar-refractivity contribution in [3.05, 3.63) is 41.2 Å². The Morgan fingerprint density at radius 3 is 2.96 bits per heavy atom. The number of fused-ring (bicyclic) bond motifs is 1. The second-order valence-electron chi connectivity index (χ2n) is 6.46. The van der Waals surface area contributed by atoms with Crippen molar-refractivity contribution in [1.29, 1.82) is 0 Å². The lowest BCUT2D eigenvalue weighted by atomic mass is 9.87. The molecule has 0 radical (unpaired) electrons. The molecule has 0 bridgehead atoms. The number of β-amino-alcohol motifs (C(OH)–C–C–N with tert-alkyl or cyclic N) is 1. The molecule has 0 spiro atoms. The Balaban J connectivity index is 1.46. The van der Waals surface area contributed by atoms with Crippen molar-refractivity contribution < 1.29 is 19.4 Å². The topological polar surface area (TPSA) is 87.7 Å². The molecule has 25 heavy (non-hydrogen) atoms. The molecule has 2 N–H and O–H groups in total. The number of aliphatic hydroxyl groups is 1. The molecule has 1 saturated heterocycles. The second-order valence-corrected chi connectivity index (χ2v) is 6.46. The van der Waals surface area contributed by atoms with E-state index in [1.165, 1.54) is 0 Å². The number of likely N-dealkylation sites (tertiary alicyclic amines) is 1. The molecule has 1 aromatic heterocycles. The van der Waals surface area contributed by atoms with Crippen molar-refractivity contribution in [2.75, 3.05) is 19.9 Å². The first-order valence-corrected chi connectivity index (χ1v) is 8.57. The lowest BCUT2D eigenvalue weighted by Crippen LogP contribution is -2.45. The Morgan fingerprint density at radius 2 is 2.20 bits per heavy atom. The van der Waals surface area contributed by atoms with Crippen molar-refractivity contribution >= 4 is 5.91 Å². The van der Waals surface area contributed by atoms with E-state index in [-0.39, 0.29) is 18.6 Å². The van der Waals surface area contributed by atoms with Crippen LogP contribution in [0, 0.1) is 0 Å².